The van der Waals surface area contributed by atoms with Crippen molar-refractivity contribution in [2.45, 2.75) is 50.4 Å². The molecule has 1 saturated heterocycles. The molecular weight excluding hydrogens is 562 g/mol. The van der Waals surface area contributed by atoms with Crippen LogP contribution in [0.4, 0.5) is 11.5 Å². The Bertz CT molecular complexity index is 1570. The first-order chi connectivity index (χ1) is 20.9. The first-order valence-electron chi connectivity index (χ1n) is 15.0. The van der Waals surface area contributed by atoms with Crippen LogP contribution < -0.4 is 14.5 Å². The molecule has 1 aliphatic carbocycles. The Balaban J connectivity index is 1.37. The molecule has 224 valence electrons. The number of halogens is 1. The summed E-state index contributed by atoms with van der Waals surface area (Å²) in [5.41, 5.74) is 3.14. The highest BCUT2D eigenvalue weighted by atomic mass is 35.5. The average molecular weight is 600 g/mol. The van der Waals surface area contributed by atoms with Crippen LogP contribution in [-0.2, 0) is 17.8 Å². The summed E-state index contributed by atoms with van der Waals surface area (Å²) in [6, 6.07) is 12.8. The molecule has 43 heavy (non-hydrogen) atoms. The van der Waals surface area contributed by atoms with Crippen molar-refractivity contribution < 1.29 is 9.53 Å². The third kappa shape index (κ3) is 5.74. The van der Waals surface area contributed by atoms with Crippen LogP contribution in [0, 0.1) is 6.57 Å². The standard InChI is InChI=1S/C33H38ClN7O2/c1-5-30(42)41-18-17-40(20-23(41)19-35-2)32-24-15-16-39(28-13-7-10-22-9-6-11-25(34)31(22)28)21-26(24)36-33(37-32)43-29-14-8-12-27(29)38(3)4/h5-7,9-11,13,23,27,29H,1,8,12,14-21H2,3-4H3/t23?,27-,29+/m0/s1. The van der Waals surface area contributed by atoms with E-state index in [0.29, 0.717) is 38.2 Å². The first kappa shape index (κ1) is 29.2. The summed E-state index contributed by atoms with van der Waals surface area (Å²) in [4.78, 5) is 34.9. The number of carbonyl (C=O) groups excluding carboxylic acids is 1. The van der Waals surface area contributed by atoms with E-state index < -0.39 is 0 Å². The van der Waals surface area contributed by atoms with Crippen molar-refractivity contribution in [3.8, 4) is 6.01 Å². The number of carbonyl (C=O) groups is 1. The summed E-state index contributed by atoms with van der Waals surface area (Å²) in [7, 11) is 4.19. The van der Waals surface area contributed by atoms with Gasteiger partial charge < -0.3 is 29.2 Å². The molecule has 1 aromatic heterocycles. The van der Waals surface area contributed by atoms with Crippen LogP contribution in [0.15, 0.2) is 49.1 Å². The average Bonchev–Trinajstić information content (AvgIpc) is 3.48. The Morgan fingerprint density at radius 2 is 1.98 bits per heavy atom. The van der Waals surface area contributed by atoms with E-state index in [9.17, 15) is 4.79 Å². The minimum absolute atomic E-state index is 0.0226. The maximum Gasteiger partial charge on any atom is 0.319 e. The van der Waals surface area contributed by atoms with Crippen LogP contribution in [0.25, 0.3) is 15.6 Å². The number of anilines is 2. The number of nitrogens with zero attached hydrogens (tertiary/aromatic N) is 7. The second-order valence-electron chi connectivity index (χ2n) is 11.8. The lowest BCUT2D eigenvalue weighted by Gasteiger charge is -2.41. The van der Waals surface area contributed by atoms with E-state index >= 15 is 0 Å². The van der Waals surface area contributed by atoms with Gasteiger partial charge in [0.1, 0.15) is 18.0 Å². The van der Waals surface area contributed by atoms with Gasteiger partial charge in [-0.1, -0.05) is 42.4 Å². The van der Waals surface area contributed by atoms with Crippen molar-refractivity contribution in [2.24, 2.45) is 0 Å². The Labute approximate surface area is 258 Å². The fourth-order valence-electron chi connectivity index (χ4n) is 6.93. The summed E-state index contributed by atoms with van der Waals surface area (Å²) in [5, 5.41) is 2.89. The SMILES string of the molecule is [C-]#[N+]CC1CN(c2nc(O[C@@H]3CCC[C@@H]3N(C)C)nc3c2CCN(c2cccc4cccc(Cl)c24)C3)CCN1C(=O)C=C. The van der Waals surface area contributed by atoms with Gasteiger partial charge in [0.25, 0.3) is 0 Å². The number of benzene rings is 2. The maximum atomic E-state index is 12.6. The summed E-state index contributed by atoms with van der Waals surface area (Å²) in [6.07, 6.45) is 5.28. The summed E-state index contributed by atoms with van der Waals surface area (Å²) in [6.45, 7) is 14.5. The van der Waals surface area contributed by atoms with Crippen molar-refractivity contribution in [3.63, 3.8) is 0 Å². The second-order valence-corrected chi connectivity index (χ2v) is 12.2. The highest BCUT2D eigenvalue weighted by Gasteiger charge is 2.36. The molecule has 0 N–H and O–H groups in total. The van der Waals surface area contributed by atoms with Gasteiger partial charge in [0.15, 0.2) is 0 Å². The molecule has 2 aromatic carbocycles. The first-order valence-corrected chi connectivity index (χ1v) is 15.4. The molecule has 1 amide bonds. The number of rotatable bonds is 7. The monoisotopic (exact) mass is 599 g/mol. The van der Waals surface area contributed by atoms with Gasteiger partial charge in [0, 0.05) is 48.9 Å². The highest BCUT2D eigenvalue weighted by Crippen LogP contribution is 2.38. The fourth-order valence-corrected chi connectivity index (χ4v) is 7.21. The molecule has 2 aliphatic heterocycles. The molecule has 9 nitrogen and oxygen atoms in total. The molecule has 2 fully saturated rings. The summed E-state index contributed by atoms with van der Waals surface area (Å²) < 4.78 is 6.57. The van der Waals surface area contributed by atoms with Gasteiger partial charge in [0.05, 0.1) is 17.3 Å². The van der Waals surface area contributed by atoms with E-state index in [0.717, 1.165) is 70.8 Å². The number of ether oxygens (including phenoxy) is 1. The van der Waals surface area contributed by atoms with Gasteiger partial charge in [-0.15, -0.1) is 0 Å². The quantitative estimate of drug-likeness (QED) is 0.285. The highest BCUT2D eigenvalue weighted by molar-refractivity contribution is 6.36. The minimum atomic E-state index is -0.238. The number of likely N-dealkylation sites (N-methyl/N-ethyl adjacent to an activating group) is 1. The van der Waals surface area contributed by atoms with Gasteiger partial charge in [0.2, 0.25) is 12.5 Å². The smallest absolute Gasteiger partial charge is 0.319 e. The number of piperazine rings is 1. The number of fused-ring (bicyclic) bond motifs is 2. The van der Waals surface area contributed by atoms with Gasteiger partial charge in [-0.3, -0.25) is 4.79 Å². The third-order valence-electron chi connectivity index (χ3n) is 9.08. The number of aromatic nitrogens is 2. The number of amides is 1. The Morgan fingerprint density at radius 1 is 1.16 bits per heavy atom. The van der Waals surface area contributed by atoms with E-state index in [4.69, 9.17) is 32.9 Å². The van der Waals surface area contributed by atoms with Crippen molar-refractivity contribution in [1.82, 2.24) is 19.8 Å². The topological polar surface area (TPSA) is 69.4 Å². The molecule has 6 rings (SSSR count). The predicted molar refractivity (Wildman–Crippen MR) is 171 cm³/mol. The molecule has 3 aromatic rings. The molecule has 0 radical (unpaired) electrons. The molecule has 0 spiro atoms. The lowest BCUT2D eigenvalue weighted by atomic mass is 10.0. The zero-order valence-corrected chi connectivity index (χ0v) is 25.6. The van der Waals surface area contributed by atoms with Crippen molar-refractivity contribution >= 4 is 39.8 Å². The lowest BCUT2D eigenvalue weighted by molar-refractivity contribution is -0.128. The minimum Gasteiger partial charge on any atom is -0.458 e. The second kappa shape index (κ2) is 12.4. The van der Waals surface area contributed by atoms with Crippen molar-refractivity contribution in [2.75, 3.05) is 56.6 Å². The van der Waals surface area contributed by atoms with Crippen LogP contribution in [0.2, 0.25) is 5.02 Å². The van der Waals surface area contributed by atoms with Crippen molar-refractivity contribution in [1.29, 1.82) is 0 Å². The van der Waals surface area contributed by atoms with E-state index in [-0.39, 0.29) is 24.6 Å². The van der Waals surface area contributed by atoms with Crippen LogP contribution in [-0.4, -0.2) is 90.7 Å². The van der Waals surface area contributed by atoms with Crippen LogP contribution in [0.5, 0.6) is 6.01 Å². The molecule has 10 heteroatoms. The maximum absolute atomic E-state index is 12.6. The predicted octanol–water partition coefficient (Wildman–Crippen LogP) is 4.83. The van der Waals surface area contributed by atoms with Gasteiger partial charge >= 0.3 is 6.01 Å². The van der Waals surface area contributed by atoms with Crippen LogP contribution in [0.1, 0.15) is 30.5 Å². The zero-order chi connectivity index (χ0) is 30.1. The van der Waals surface area contributed by atoms with Gasteiger partial charge in [-0.25, -0.2) is 6.57 Å². The van der Waals surface area contributed by atoms with E-state index in [1.165, 1.54) is 6.08 Å². The summed E-state index contributed by atoms with van der Waals surface area (Å²) in [5.74, 6) is 0.720. The Hall–Kier alpha value is -3.87. The fraction of sp³-hybridized carbons (Fsp3) is 0.455. The van der Waals surface area contributed by atoms with Crippen molar-refractivity contribution in [3.05, 3.63) is 76.8 Å². The number of hydrogen-bond acceptors (Lipinski definition) is 7. The zero-order valence-electron chi connectivity index (χ0n) is 24.9. The third-order valence-corrected chi connectivity index (χ3v) is 9.39. The normalized spacial score (nSPS) is 22.0. The van der Waals surface area contributed by atoms with E-state index in [2.05, 4.69) is 64.5 Å². The van der Waals surface area contributed by atoms with Gasteiger partial charge in [-0.05, 0) is 63.4 Å². The molecular formula is C33H38ClN7O2. The molecule has 3 atom stereocenters. The summed E-state index contributed by atoms with van der Waals surface area (Å²) >= 11 is 6.71. The van der Waals surface area contributed by atoms with E-state index in [1.807, 2.05) is 12.1 Å². The van der Waals surface area contributed by atoms with Gasteiger partial charge in [-0.2, -0.15) is 9.97 Å². The molecule has 0 bridgehead atoms. The Morgan fingerprint density at radius 3 is 2.74 bits per heavy atom. The number of hydrogen-bond donors (Lipinski definition) is 0. The van der Waals surface area contributed by atoms with E-state index in [1.54, 1.807) is 4.90 Å². The Kier molecular flexibility index (Phi) is 8.42. The molecule has 3 heterocycles. The molecule has 3 aliphatic rings. The lowest BCUT2D eigenvalue weighted by Crippen LogP contribution is -2.56. The largest absolute Gasteiger partial charge is 0.458 e. The molecule has 1 unspecified atom stereocenters. The van der Waals surface area contributed by atoms with Crippen LogP contribution >= 0.6 is 11.6 Å². The van der Waals surface area contributed by atoms with Crippen LogP contribution in [0.3, 0.4) is 0 Å². The molecule has 1 saturated carbocycles.